The molecule has 0 saturated heterocycles. The number of carbonyl (C=O) groups excluding carboxylic acids is 1. The van der Waals surface area contributed by atoms with Crippen LogP contribution < -0.4 is 0 Å². The Kier molecular flexibility index (Phi) is 3.72. The van der Waals surface area contributed by atoms with Gasteiger partial charge in [0, 0.05) is 17.5 Å². The van der Waals surface area contributed by atoms with Crippen LogP contribution in [0.25, 0.3) is 0 Å². The van der Waals surface area contributed by atoms with Crippen molar-refractivity contribution >= 4 is 5.78 Å². The van der Waals surface area contributed by atoms with Crippen molar-refractivity contribution < 1.29 is 15.0 Å². The summed E-state index contributed by atoms with van der Waals surface area (Å²) in [4.78, 5) is 11.8. The van der Waals surface area contributed by atoms with Crippen molar-refractivity contribution in [2.45, 2.75) is 26.7 Å². The van der Waals surface area contributed by atoms with Crippen molar-refractivity contribution in [2.24, 2.45) is 5.92 Å². The van der Waals surface area contributed by atoms with Gasteiger partial charge >= 0.3 is 0 Å². The second-order valence-electron chi connectivity index (χ2n) is 3.79. The molecule has 82 valence electrons. The zero-order valence-electron chi connectivity index (χ0n) is 9.03. The van der Waals surface area contributed by atoms with E-state index >= 15 is 0 Å². The molecule has 1 atom stereocenters. The maximum absolute atomic E-state index is 11.8. The topological polar surface area (TPSA) is 57.5 Å². The van der Waals surface area contributed by atoms with E-state index in [1.54, 1.807) is 0 Å². The first-order valence-corrected chi connectivity index (χ1v) is 5.11. The molecule has 15 heavy (non-hydrogen) atoms. The lowest BCUT2D eigenvalue weighted by Crippen LogP contribution is -2.10. The Balaban J connectivity index is 2.90. The summed E-state index contributed by atoms with van der Waals surface area (Å²) in [6, 6.07) is 3.98. The van der Waals surface area contributed by atoms with Crippen molar-refractivity contribution in [3.63, 3.8) is 0 Å². The van der Waals surface area contributed by atoms with Gasteiger partial charge in [0.1, 0.15) is 11.5 Å². The minimum absolute atomic E-state index is 0.0388. The van der Waals surface area contributed by atoms with E-state index in [1.165, 1.54) is 18.2 Å². The predicted octanol–water partition coefficient (Wildman–Crippen LogP) is 2.72. The molecule has 1 rings (SSSR count). The number of rotatable bonds is 4. The van der Waals surface area contributed by atoms with E-state index in [0.29, 0.717) is 5.56 Å². The third kappa shape index (κ3) is 2.98. The second-order valence-corrected chi connectivity index (χ2v) is 3.79. The normalized spacial score (nSPS) is 12.4. The molecule has 1 unspecified atom stereocenters. The van der Waals surface area contributed by atoms with Gasteiger partial charge in [0.15, 0.2) is 5.78 Å². The zero-order valence-corrected chi connectivity index (χ0v) is 9.03. The lowest BCUT2D eigenvalue weighted by atomic mass is 9.95. The highest BCUT2D eigenvalue weighted by Crippen LogP contribution is 2.23. The summed E-state index contributed by atoms with van der Waals surface area (Å²) < 4.78 is 0. The van der Waals surface area contributed by atoms with E-state index in [1.807, 2.05) is 13.8 Å². The predicted molar refractivity (Wildman–Crippen MR) is 58.2 cm³/mol. The summed E-state index contributed by atoms with van der Waals surface area (Å²) in [5, 5.41) is 18.5. The van der Waals surface area contributed by atoms with Crippen molar-refractivity contribution in [1.29, 1.82) is 0 Å². The summed E-state index contributed by atoms with van der Waals surface area (Å²) in [5.41, 5.74) is 0.369. The number of aromatic hydroxyl groups is 2. The van der Waals surface area contributed by atoms with Gasteiger partial charge < -0.3 is 10.2 Å². The molecule has 1 aromatic rings. The van der Waals surface area contributed by atoms with Crippen LogP contribution in [0.2, 0.25) is 0 Å². The van der Waals surface area contributed by atoms with Crippen LogP contribution in [0.15, 0.2) is 18.2 Å². The van der Waals surface area contributed by atoms with Gasteiger partial charge in [-0.2, -0.15) is 0 Å². The highest BCUT2D eigenvalue weighted by molar-refractivity contribution is 5.98. The SMILES string of the molecule is CCCC(C)C(=O)c1cc(O)cc(O)c1. The average molecular weight is 208 g/mol. The van der Waals surface area contributed by atoms with E-state index in [0.717, 1.165) is 12.8 Å². The molecule has 0 aliphatic rings. The molecule has 1 aromatic carbocycles. The fourth-order valence-electron chi connectivity index (χ4n) is 1.59. The summed E-state index contributed by atoms with van der Waals surface area (Å²) in [7, 11) is 0. The van der Waals surface area contributed by atoms with Gasteiger partial charge in [-0.25, -0.2) is 0 Å². The van der Waals surface area contributed by atoms with E-state index < -0.39 is 0 Å². The van der Waals surface area contributed by atoms with Crippen LogP contribution in [0, 0.1) is 5.92 Å². The molecule has 3 nitrogen and oxygen atoms in total. The maximum Gasteiger partial charge on any atom is 0.165 e. The van der Waals surface area contributed by atoms with Gasteiger partial charge in [0.05, 0.1) is 0 Å². The van der Waals surface area contributed by atoms with Crippen LogP contribution >= 0.6 is 0 Å². The van der Waals surface area contributed by atoms with Crippen molar-refractivity contribution in [3.05, 3.63) is 23.8 Å². The molecule has 0 aromatic heterocycles. The molecule has 0 radical (unpaired) electrons. The van der Waals surface area contributed by atoms with E-state index in [4.69, 9.17) is 0 Å². The quantitative estimate of drug-likeness (QED) is 0.748. The van der Waals surface area contributed by atoms with Crippen LogP contribution in [0.3, 0.4) is 0 Å². The summed E-state index contributed by atoms with van der Waals surface area (Å²) >= 11 is 0. The number of phenolic OH excluding ortho intramolecular Hbond substituents is 2. The van der Waals surface area contributed by atoms with E-state index in [2.05, 4.69) is 0 Å². The number of Topliss-reactive ketones (excluding diaryl/α,β-unsaturated/α-hetero) is 1. The Bertz CT molecular complexity index is 338. The molecular formula is C12H16O3. The molecule has 0 bridgehead atoms. The Morgan fingerprint density at radius 2 is 1.80 bits per heavy atom. The van der Waals surface area contributed by atoms with Crippen molar-refractivity contribution in [3.8, 4) is 11.5 Å². The Morgan fingerprint density at radius 1 is 1.27 bits per heavy atom. The molecule has 0 amide bonds. The summed E-state index contributed by atoms with van der Waals surface area (Å²) in [5.74, 6) is -0.275. The van der Waals surface area contributed by atoms with E-state index in [9.17, 15) is 15.0 Å². The largest absolute Gasteiger partial charge is 0.508 e. The monoisotopic (exact) mass is 208 g/mol. The molecule has 3 heteroatoms. The average Bonchev–Trinajstić information content (AvgIpc) is 2.15. The van der Waals surface area contributed by atoms with Gasteiger partial charge in [-0.15, -0.1) is 0 Å². The standard InChI is InChI=1S/C12H16O3/c1-3-4-8(2)12(15)9-5-10(13)7-11(14)6-9/h5-8,13-14H,3-4H2,1-2H3. The van der Waals surface area contributed by atoms with Crippen molar-refractivity contribution in [2.75, 3.05) is 0 Å². The van der Waals surface area contributed by atoms with Gasteiger partial charge in [0.25, 0.3) is 0 Å². The highest BCUT2D eigenvalue weighted by Gasteiger charge is 2.15. The molecule has 0 spiro atoms. The molecule has 0 aliphatic carbocycles. The third-order valence-electron chi connectivity index (χ3n) is 2.36. The number of hydrogen-bond donors (Lipinski definition) is 2. The first-order valence-electron chi connectivity index (χ1n) is 5.11. The van der Waals surface area contributed by atoms with Crippen molar-refractivity contribution in [1.82, 2.24) is 0 Å². The van der Waals surface area contributed by atoms with Gasteiger partial charge in [-0.3, -0.25) is 4.79 Å². The fraction of sp³-hybridized carbons (Fsp3) is 0.417. The molecule has 2 N–H and O–H groups in total. The lowest BCUT2D eigenvalue weighted by molar-refractivity contribution is 0.0923. The molecule has 0 heterocycles. The number of ketones is 1. The second kappa shape index (κ2) is 4.82. The maximum atomic E-state index is 11.8. The first kappa shape index (κ1) is 11.6. The lowest BCUT2D eigenvalue weighted by Gasteiger charge is -2.09. The number of hydrogen-bond acceptors (Lipinski definition) is 3. The molecule has 0 saturated carbocycles. The number of phenols is 2. The van der Waals surface area contributed by atoms with Crippen LogP contribution in [0.1, 0.15) is 37.0 Å². The fourth-order valence-corrected chi connectivity index (χ4v) is 1.59. The van der Waals surface area contributed by atoms with Crippen LogP contribution in [0.5, 0.6) is 11.5 Å². The summed E-state index contributed by atoms with van der Waals surface area (Å²) in [6.45, 7) is 3.87. The minimum atomic E-state index is -0.0814. The van der Waals surface area contributed by atoms with Gasteiger partial charge in [-0.1, -0.05) is 20.3 Å². The molecule has 0 aliphatic heterocycles. The van der Waals surface area contributed by atoms with Gasteiger partial charge in [0.2, 0.25) is 0 Å². The van der Waals surface area contributed by atoms with Crippen LogP contribution in [-0.2, 0) is 0 Å². The third-order valence-corrected chi connectivity index (χ3v) is 2.36. The van der Waals surface area contributed by atoms with E-state index in [-0.39, 0.29) is 23.2 Å². The summed E-state index contributed by atoms with van der Waals surface area (Å²) in [6.07, 6.45) is 1.76. The number of carbonyl (C=O) groups is 1. The Morgan fingerprint density at radius 3 is 2.27 bits per heavy atom. The molecule has 0 fully saturated rings. The highest BCUT2D eigenvalue weighted by atomic mass is 16.3. The number of benzene rings is 1. The van der Waals surface area contributed by atoms with Crippen LogP contribution in [-0.4, -0.2) is 16.0 Å². The minimum Gasteiger partial charge on any atom is -0.508 e. The zero-order chi connectivity index (χ0) is 11.4. The van der Waals surface area contributed by atoms with Crippen LogP contribution in [0.4, 0.5) is 0 Å². The molecular weight excluding hydrogens is 192 g/mol. The Hall–Kier alpha value is -1.51. The smallest absolute Gasteiger partial charge is 0.165 e. The first-order chi connectivity index (χ1) is 7.04. The Labute approximate surface area is 89.4 Å². The van der Waals surface area contributed by atoms with Gasteiger partial charge in [-0.05, 0) is 18.6 Å².